The van der Waals surface area contributed by atoms with Crippen LogP contribution in [0.5, 0.6) is 0 Å². The van der Waals surface area contributed by atoms with Crippen LogP contribution in [0.3, 0.4) is 0 Å². The van der Waals surface area contributed by atoms with Crippen molar-refractivity contribution < 1.29 is 33.8 Å². The van der Waals surface area contributed by atoms with Gasteiger partial charge in [-0.1, -0.05) is 55.5 Å². The van der Waals surface area contributed by atoms with Crippen molar-refractivity contribution in [3.05, 3.63) is 59.7 Å². The van der Waals surface area contributed by atoms with Gasteiger partial charge < -0.3 is 19.9 Å². The van der Waals surface area contributed by atoms with Crippen molar-refractivity contribution in [3.8, 4) is 11.1 Å². The van der Waals surface area contributed by atoms with Crippen LogP contribution >= 0.6 is 0 Å². The van der Waals surface area contributed by atoms with Gasteiger partial charge in [-0.05, 0) is 47.4 Å². The van der Waals surface area contributed by atoms with Gasteiger partial charge in [0.25, 0.3) is 5.91 Å². The van der Waals surface area contributed by atoms with E-state index < -0.39 is 29.6 Å². The first-order chi connectivity index (χ1) is 16.9. The molecular weight excluding hydrogens is 452 g/mol. The lowest BCUT2D eigenvalue weighted by molar-refractivity contribution is -0.165. The normalized spacial score (nSPS) is 17.0. The number of ether oxygens (including phenoxy) is 2. The summed E-state index contributed by atoms with van der Waals surface area (Å²) in [6, 6.07) is 16.0. The minimum absolute atomic E-state index is 0.0908. The number of alkyl carbamates (subject to hydrolysis) is 1. The van der Waals surface area contributed by atoms with Crippen molar-refractivity contribution in [1.82, 2.24) is 10.8 Å². The molecule has 9 heteroatoms. The Labute approximate surface area is 203 Å². The third-order valence-corrected chi connectivity index (χ3v) is 6.69. The molecule has 2 aliphatic carbocycles. The molecule has 0 bridgehead atoms. The van der Waals surface area contributed by atoms with Gasteiger partial charge in [-0.3, -0.25) is 9.63 Å². The second-order valence-electron chi connectivity index (χ2n) is 8.96. The molecule has 0 spiro atoms. The first-order valence-corrected chi connectivity index (χ1v) is 11.7. The van der Waals surface area contributed by atoms with E-state index in [1.54, 1.807) is 6.92 Å². The van der Waals surface area contributed by atoms with E-state index in [0.29, 0.717) is 0 Å². The summed E-state index contributed by atoms with van der Waals surface area (Å²) in [4.78, 5) is 42.4. The van der Waals surface area contributed by atoms with Crippen LogP contribution in [0.2, 0.25) is 0 Å². The first-order valence-electron chi connectivity index (χ1n) is 11.7. The van der Waals surface area contributed by atoms with E-state index in [-0.39, 0.29) is 31.5 Å². The zero-order valence-electron chi connectivity index (χ0n) is 19.8. The third-order valence-electron chi connectivity index (χ3n) is 6.69. The van der Waals surface area contributed by atoms with Gasteiger partial charge in [-0.15, -0.1) is 0 Å². The van der Waals surface area contributed by atoms with Crippen LogP contribution in [0.15, 0.2) is 48.5 Å². The standard InChI is InChI=1S/C26H30N2O7/c1-3-26(15-33-2,24(31)28-35-22(23(29)30)16-12-13-16)27-25(32)34-14-21-19-10-6-4-8-17(19)18-9-5-7-11-20(18)21/h4-11,16,21-22H,3,12-15H2,1-2H3,(H,27,32)(H,28,31)(H,29,30). The molecule has 35 heavy (non-hydrogen) atoms. The van der Waals surface area contributed by atoms with Gasteiger partial charge in [-0.2, -0.15) is 0 Å². The lowest BCUT2D eigenvalue weighted by Crippen LogP contribution is -2.61. The average molecular weight is 483 g/mol. The minimum atomic E-state index is -1.50. The van der Waals surface area contributed by atoms with Crippen molar-refractivity contribution in [2.45, 2.75) is 43.7 Å². The second kappa shape index (κ2) is 10.5. The van der Waals surface area contributed by atoms with E-state index in [0.717, 1.165) is 35.1 Å². The van der Waals surface area contributed by atoms with E-state index in [1.807, 2.05) is 48.5 Å². The molecule has 0 aromatic heterocycles. The molecule has 9 nitrogen and oxygen atoms in total. The maximum absolute atomic E-state index is 13.0. The Hall–Kier alpha value is -3.43. The van der Waals surface area contributed by atoms with Gasteiger partial charge in [0.1, 0.15) is 12.1 Å². The second-order valence-corrected chi connectivity index (χ2v) is 8.96. The van der Waals surface area contributed by atoms with E-state index >= 15 is 0 Å². The number of nitrogens with one attached hydrogen (secondary N) is 2. The predicted molar refractivity (Wildman–Crippen MR) is 126 cm³/mol. The van der Waals surface area contributed by atoms with Crippen LogP contribution in [0.1, 0.15) is 43.2 Å². The fourth-order valence-corrected chi connectivity index (χ4v) is 4.55. The van der Waals surface area contributed by atoms with Crippen LogP contribution < -0.4 is 10.8 Å². The molecule has 0 radical (unpaired) electrons. The Bertz CT molecular complexity index is 1060. The van der Waals surface area contributed by atoms with Crippen molar-refractivity contribution in [2.24, 2.45) is 5.92 Å². The SMILES string of the molecule is CCC(COC)(NC(=O)OCC1c2ccccc2-c2ccccc21)C(=O)NOC(C(=O)O)C1CC1. The molecule has 186 valence electrons. The van der Waals surface area contributed by atoms with E-state index in [2.05, 4.69) is 10.8 Å². The summed E-state index contributed by atoms with van der Waals surface area (Å²) in [6.45, 7) is 1.65. The Morgan fingerprint density at radius 2 is 1.66 bits per heavy atom. The monoisotopic (exact) mass is 482 g/mol. The summed E-state index contributed by atoms with van der Waals surface area (Å²) in [6.07, 6.45) is -0.297. The number of carboxylic acid groups (broad SMARTS) is 1. The predicted octanol–water partition coefficient (Wildman–Crippen LogP) is 3.23. The van der Waals surface area contributed by atoms with Crippen LogP contribution in [0.4, 0.5) is 4.79 Å². The molecule has 1 saturated carbocycles. The van der Waals surface area contributed by atoms with Gasteiger partial charge in [0.15, 0.2) is 6.10 Å². The molecule has 0 heterocycles. The van der Waals surface area contributed by atoms with Crippen LogP contribution in [-0.2, 0) is 23.9 Å². The van der Waals surface area contributed by atoms with Crippen molar-refractivity contribution in [3.63, 3.8) is 0 Å². The first kappa shape index (κ1) is 24.7. The Kier molecular flexibility index (Phi) is 7.37. The number of amides is 2. The number of hydrogen-bond donors (Lipinski definition) is 3. The topological polar surface area (TPSA) is 123 Å². The fourth-order valence-electron chi connectivity index (χ4n) is 4.55. The lowest BCUT2D eigenvalue weighted by Gasteiger charge is -2.31. The number of fused-ring (bicyclic) bond motifs is 3. The molecule has 2 aromatic carbocycles. The highest BCUT2D eigenvalue weighted by atomic mass is 16.7. The van der Waals surface area contributed by atoms with Crippen LogP contribution in [0.25, 0.3) is 11.1 Å². The highest BCUT2D eigenvalue weighted by Crippen LogP contribution is 2.44. The molecule has 2 aromatic rings. The summed E-state index contributed by atoms with van der Waals surface area (Å²) < 4.78 is 10.8. The zero-order chi connectivity index (χ0) is 25.0. The average Bonchev–Trinajstić information content (AvgIpc) is 3.64. The Balaban J connectivity index is 1.42. The van der Waals surface area contributed by atoms with Gasteiger partial charge in [-0.25, -0.2) is 15.1 Å². The Morgan fingerprint density at radius 3 is 2.17 bits per heavy atom. The number of hydrogen-bond acceptors (Lipinski definition) is 6. The fraction of sp³-hybridized carbons (Fsp3) is 0.423. The van der Waals surface area contributed by atoms with E-state index in [1.165, 1.54) is 7.11 Å². The maximum Gasteiger partial charge on any atom is 0.408 e. The van der Waals surface area contributed by atoms with Crippen molar-refractivity contribution >= 4 is 18.0 Å². The van der Waals surface area contributed by atoms with Gasteiger partial charge in [0, 0.05) is 13.0 Å². The highest BCUT2D eigenvalue weighted by molar-refractivity contribution is 5.89. The number of methoxy groups -OCH3 is 1. The Morgan fingerprint density at radius 1 is 1.06 bits per heavy atom. The summed E-state index contributed by atoms with van der Waals surface area (Å²) in [5, 5.41) is 12.0. The summed E-state index contributed by atoms with van der Waals surface area (Å²) in [5.74, 6) is -2.12. The van der Waals surface area contributed by atoms with Crippen LogP contribution in [-0.4, -0.2) is 55.0 Å². The van der Waals surface area contributed by atoms with Gasteiger partial charge in [0.2, 0.25) is 0 Å². The molecule has 0 saturated heterocycles. The minimum Gasteiger partial charge on any atom is -0.479 e. The van der Waals surface area contributed by atoms with Gasteiger partial charge >= 0.3 is 12.1 Å². The molecule has 4 rings (SSSR count). The molecule has 3 N–H and O–H groups in total. The maximum atomic E-state index is 13.0. The lowest BCUT2D eigenvalue weighted by atomic mass is 9.96. The quantitative estimate of drug-likeness (QED) is 0.420. The molecule has 2 amide bonds. The third kappa shape index (κ3) is 5.16. The molecular formula is C26H30N2O7. The summed E-state index contributed by atoms with van der Waals surface area (Å²) in [5.41, 5.74) is 5.10. The zero-order valence-corrected chi connectivity index (χ0v) is 19.8. The number of carbonyl (C=O) groups is 3. The number of carboxylic acids is 1. The van der Waals surface area contributed by atoms with E-state index in [4.69, 9.17) is 14.3 Å². The van der Waals surface area contributed by atoms with Gasteiger partial charge in [0.05, 0.1) is 6.61 Å². The molecule has 2 atom stereocenters. The molecule has 2 unspecified atom stereocenters. The number of rotatable bonds is 11. The van der Waals surface area contributed by atoms with Crippen molar-refractivity contribution in [1.29, 1.82) is 0 Å². The smallest absolute Gasteiger partial charge is 0.408 e. The van der Waals surface area contributed by atoms with E-state index in [9.17, 15) is 19.5 Å². The summed E-state index contributed by atoms with van der Waals surface area (Å²) >= 11 is 0. The molecule has 2 aliphatic rings. The number of carbonyl (C=O) groups excluding carboxylic acids is 2. The van der Waals surface area contributed by atoms with Crippen molar-refractivity contribution in [2.75, 3.05) is 20.3 Å². The summed E-state index contributed by atoms with van der Waals surface area (Å²) in [7, 11) is 1.40. The van der Waals surface area contributed by atoms with Crippen LogP contribution in [0, 0.1) is 5.92 Å². The number of aliphatic carboxylic acids is 1. The number of benzene rings is 2. The molecule has 1 fully saturated rings. The number of hydroxylamine groups is 1. The largest absolute Gasteiger partial charge is 0.479 e. The molecule has 0 aliphatic heterocycles. The highest BCUT2D eigenvalue weighted by Gasteiger charge is 2.43.